The molecule has 1 saturated heterocycles. The Bertz CT molecular complexity index is 589. The molecule has 1 aliphatic heterocycles. The maximum absolute atomic E-state index is 12.3. The molecule has 1 N–H and O–H groups in total. The highest BCUT2D eigenvalue weighted by Gasteiger charge is 2.36. The molecule has 3 rings (SSSR count). The number of hydrogen-bond acceptors (Lipinski definition) is 3. The predicted molar refractivity (Wildman–Crippen MR) is 97.2 cm³/mol. The van der Waals surface area contributed by atoms with Crippen LogP contribution in [-0.4, -0.2) is 42.1 Å². The second-order valence-corrected chi connectivity index (χ2v) is 8.10. The Hall–Kier alpha value is -1.20. The molecule has 2 amide bonds. The first-order chi connectivity index (χ1) is 11.6. The molecular weight excluding hydrogens is 344 g/mol. The molecule has 130 valence electrons. The van der Waals surface area contributed by atoms with Gasteiger partial charge in [0.1, 0.15) is 0 Å². The van der Waals surface area contributed by atoms with Crippen molar-refractivity contribution >= 4 is 35.2 Å². The van der Waals surface area contributed by atoms with Gasteiger partial charge in [0, 0.05) is 41.2 Å². The van der Waals surface area contributed by atoms with Crippen LogP contribution in [0.15, 0.2) is 29.2 Å². The van der Waals surface area contributed by atoms with E-state index < -0.39 is 0 Å². The van der Waals surface area contributed by atoms with Crippen LogP contribution < -0.4 is 5.32 Å². The topological polar surface area (TPSA) is 49.4 Å². The quantitative estimate of drug-likeness (QED) is 0.621. The summed E-state index contributed by atoms with van der Waals surface area (Å²) in [5, 5.41) is 3.75. The number of halogens is 1. The van der Waals surface area contributed by atoms with E-state index in [1.807, 2.05) is 29.2 Å². The van der Waals surface area contributed by atoms with Crippen LogP contribution in [0.5, 0.6) is 0 Å². The van der Waals surface area contributed by atoms with Gasteiger partial charge in [-0.15, -0.1) is 11.8 Å². The third kappa shape index (κ3) is 4.90. The zero-order chi connectivity index (χ0) is 16.9. The molecule has 1 aromatic rings. The second kappa shape index (κ2) is 8.26. The largest absolute Gasteiger partial charge is 0.355 e. The Kier molecular flexibility index (Phi) is 6.06. The monoisotopic (exact) mass is 366 g/mol. The lowest BCUT2D eigenvalue weighted by Crippen LogP contribution is -2.46. The van der Waals surface area contributed by atoms with Crippen molar-refractivity contribution in [1.29, 1.82) is 0 Å². The van der Waals surface area contributed by atoms with Crippen molar-refractivity contribution in [3.8, 4) is 0 Å². The number of nitrogens with zero attached hydrogens (tertiary/aromatic N) is 1. The summed E-state index contributed by atoms with van der Waals surface area (Å²) in [5.41, 5.74) is 0. The van der Waals surface area contributed by atoms with Crippen LogP contribution in [0.2, 0.25) is 5.02 Å². The highest BCUT2D eigenvalue weighted by atomic mass is 35.5. The first-order valence-electron chi connectivity index (χ1n) is 8.58. The van der Waals surface area contributed by atoms with E-state index in [0.29, 0.717) is 13.1 Å². The number of rotatable bonds is 6. The van der Waals surface area contributed by atoms with E-state index in [2.05, 4.69) is 5.32 Å². The highest BCUT2D eigenvalue weighted by molar-refractivity contribution is 7.99. The van der Waals surface area contributed by atoms with Gasteiger partial charge in [-0.2, -0.15) is 0 Å². The van der Waals surface area contributed by atoms with Gasteiger partial charge in [-0.05, 0) is 49.9 Å². The van der Waals surface area contributed by atoms with Crippen molar-refractivity contribution in [2.45, 2.75) is 30.6 Å². The number of carbonyl (C=O) groups excluding carboxylic acids is 2. The summed E-state index contributed by atoms with van der Waals surface area (Å²) in [6.07, 6.45) is 3.85. The molecule has 24 heavy (non-hydrogen) atoms. The molecule has 0 spiro atoms. The van der Waals surface area contributed by atoms with Gasteiger partial charge in [-0.1, -0.05) is 11.6 Å². The van der Waals surface area contributed by atoms with Crippen molar-refractivity contribution in [2.75, 3.05) is 25.4 Å². The summed E-state index contributed by atoms with van der Waals surface area (Å²) in [7, 11) is 0. The van der Waals surface area contributed by atoms with E-state index in [4.69, 9.17) is 11.6 Å². The zero-order valence-electron chi connectivity index (χ0n) is 13.7. The number of likely N-dealkylation sites (tertiary alicyclic amines) is 1. The molecule has 0 unspecified atom stereocenters. The van der Waals surface area contributed by atoms with Crippen LogP contribution in [0.3, 0.4) is 0 Å². The predicted octanol–water partition coefficient (Wildman–Crippen LogP) is 3.20. The number of benzene rings is 1. The zero-order valence-corrected chi connectivity index (χ0v) is 15.2. The Labute approximate surface area is 152 Å². The molecule has 2 fully saturated rings. The smallest absolute Gasteiger partial charge is 0.225 e. The van der Waals surface area contributed by atoms with Crippen molar-refractivity contribution < 1.29 is 9.59 Å². The van der Waals surface area contributed by atoms with Gasteiger partial charge in [0.25, 0.3) is 0 Å². The van der Waals surface area contributed by atoms with E-state index in [-0.39, 0.29) is 23.7 Å². The molecule has 4 nitrogen and oxygen atoms in total. The molecule has 0 aromatic heterocycles. The van der Waals surface area contributed by atoms with Crippen LogP contribution in [-0.2, 0) is 9.59 Å². The molecule has 6 heteroatoms. The second-order valence-electron chi connectivity index (χ2n) is 6.49. The minimum atomic E-state index is -0.0537. The molecule has 1 atom stereocenters. The summed E-state index contributed by atoms with van der Waals surface area (Å²) < 4.78 is 0. The molecular formula is C18H23ClN2O2S. The minimum absolute atomic E-state index is 0.0537. The Morgan fingerprint density at radius 2 is 1.92 bits per heavy atom. The van der Waals surface area contributed by atoms with Crippen LogP contribution in [0.4, 0.5) is 0 Å². The van der Waals surface area contributed by atoms with Gasteiger partial charge in [0.15, 0.2) is 0 Å². The summed E-state index contributed by atoms with van der Waals surface area (Å²) in [6.45, 7) is 2.04. The number of carbonyl (C=O) groups is 2. The highest BCUT2D eigenvalue weighted by Crippen LogP contribution is 2.32. The minimum Gasteiger partial charge on any atom is -0.355 e. The van der Waals surface area contributed by atoms with Gasteiger partial charge < -0.3 is 10.2 Å². The van der Waals surface area contributed by atoms with E-state index >= 15 is 0 Å². The fraction of sp³-hybridized carbons (Fsp3) is 0.556. The van der Waals surface area contributed by atoms with Crippen molar-refractivity contribution in [3.63, 3.8) is 0 Å². The van der Waals surface area contributed by atoms with Gasteiger partial charge in [-0.25, -0.2) is 0 Å². The number of thioether (sulfide) groups is 1. The maximum Gasteiger partial charge on any atom is 0.225 e. The molecule has 1 heterocycles. The van der Waals surface area contributed by atoms with E-state index in [0.717, 1.165) is 47.9 Å². The van der Waals surface area contributed by atoms with E-state index in [1.54, 1.807) is 11.8 Å². The van der Waals surface area contributed by atoms with Crippen LogP contribution in [0.25, 0.3) is 0 Å². The molecule has 2 aliphatic rings. The summed E-state index contributed by atoms with van der Waals surface area (Å²) in [6, 6.07) is 7.71. The Balaban J connectivity index is 1.38. The average molecular weight is 367 g/mol. The lowest BCUT2D eigenvalue weighted by molar-refractivity contribution is -0.136. The van der Waals surface area contributed by atoms with E-state index in [9.17, 15) is 9.59 Å². The van der Waals surface area contributed by atoms with E-state index in [1.165, 1.54) is 0 Å². The number of piperidine rings is 1. The number of nitrogens with one attached hydrogen (secondary N) is 1. The summed E-state index contributed by atoms with van der Waals surface area (Å²) in [4.78, 5) is 27.5. The van der Waals surface area contributed by atoms with Crippen molar-refractivity contribution in [2.24, 2.45) is 11.8 Å². The first kappa shape index (κ1) is 17.6. The fourth-order valence-electron chi connectivity index (χ4n) is 3.00. The molecule has 0 bridgehead atoms. The van der Waals surface area contributed by atoms with Gasteiger partial charge >= 0.3 is 0 Å². The molecule has 0 radical (unpaired) electrons. The van der Waals surface area contributed by atoms with Crippen molar-refractivity contribution in [3.05, 3.63) is 29.3 Å². The molecule has 1 saturated carbocycles. The summed E-state index contributed by atoms with van der Waals surface area (Å²) >= 11 is 7.56. The van der Waals surface area contributed by atoms with Crippen molar-refractivity contribution in [1.82, 2.24) is 10.2 Å². The van der Waals surface area contributed by atoms with Crippen LogP contribution in [0.1, 0.15) is 25.7 Å². The molecule has 1 aliphatic carbocycles. The fourth-order valence-corrected chi connectivity index (χ4v) is 3.89. The van der Waals surface area contributed by atoms with Gasteiger partial charge in [0.2, 0.25) is 11.8 Å². The lowest BCUT2D eigenvalue weighted by Gasteiger charge is -2.32. The maximum atomic E-state index is 12.3. The van der Waals surface area contributed by atoms with Gasteiger partial charge in [0.05, 0.1) is 5.92 Å². The summed E-state index contributed by atoms with van der Waals surface area (Å²) in [5.74, 6) is 1.35. The Morgan fingerprint density at radius 3 is 2.62 bits per heavy atom. The Morgan fingerprint density at radius 1 is 1.17 bits per heavy atom. The van der Waals surface area contributed by atoms with Gasteiger partial charge in [-0.3, -0.25) is 9.59 Å². The van der Waals surface area contributed by atoms with Crippen LogP contribution >= 0.6 is 23.4 Å². The normalized spacial score (nSPS) is 20.7. The number of hydrogen-bond donors (Lipinski definition) is 1. The third-order valence-corrected chi connectivity index (χ3v) is 5.78. The first-order valence-corrected chi connectivity index (χ1v) is 9.94. The van der Waals surface area contributed by atoms with Crippen LogP contribution in [0, 0.1) is 11.8 Å². The molecule has 1 aromatic carbocycles. The standard InChI is InChI=1S/C18H23ClN2O2S/c19-15-5-7-16(8-6-15)24-11-9-20-17(22)14-2-1-10-21(12-14)18(23)13-3-4-13/h5-8,13-14H,1-4,9-12H2,(H,20,22)/t14-/m1/s1. The third-order valence-electron chi connectivity index (χ3n) is 4.51. The number of amides is 2. The average Bonchev–Trinajstić information content (AvgIpc) is 3.44. The lowest BCUT2D eigenvalue weighted by atomic mass is 9.97. The SMILES string of the molecule is O=C(NCCSc1ccc(Cl)cc1)[C@@H]1CCCN(C(=O)C2CC2)C1.